The number of nitrogens with zero attached hydrogens (tertiary/aromatic N) is 3. The highest BCUT2D eigenvalue weighted by atomic mass is 79.9. The molecule has 0 aliphatic rings. The Kier molecular flexibility index (Phi) is 5.62. The maximum Gasteiger partial charge on any atom is 0.255 e. The average Bonchev–Trinajstić information content (AvgIpc) is 2.49. The SMILES string of the molecule is CC(Nc1nc(Nc2ccc(S(N)(=O)=O)nc2)ncc1Br)C(C)(C)O. The van der Waals surface area contributed by atoms with Crippen molar-refractivity contribution in [2.24, 2.45) is 5.14 Å². The molecule has 5 N–H and O–H groups in total. The first-order valence-electron chi connectivity index (χ1n) is 7.24. The summed E-state index contributed by atoms with van der Waals surface area (Å²) >= 11 is 3.35. The molecule has 9 nitrogen and oxygen atoms in total. The molecule has 2 heterocycles. The van der Waals surface area contributed by atoms with E-state index in [1.54, 1.807) is 20.0 Å². The quantitative estimate of drug-likeness (QED) is 0.540. The van der Waals surface area contributed by atoms with Gasteiger partial charge in [0.2, 0.25) is 5.95 Å². The van der Waals surface area contributed by atoms with Crippen LogP contribution in [0.15, 0.2) is 34.0 Å². The number of hydrogen-bond donors (Lipinski definition) is 4. The summed E-state index contributed by atoms with van der Waals surface area (Å²) in [5.74, 6) is 0.778. The standard InChI is InChI=1S/C14H19BrN6O3S/c1-8(14(2,3)22)19-12-10(15)7-18-13(21-12)20-9-4-5-11(17-6-9)25(16,23)24/h4-8,22H,1-3H3,(H2,16,23,24)(H2,18,19,20,21). The zero-order chi connectivity index (χ0) is 18.8. The summed E-state index contributed by atoms with van der Waals surface area (Å²) in [6, 6.07) is 2.53. The number of anilines is 3. The number of halogens is 1. The van der Waals surface area contributed by atoms with Crippen LogP contribution >= 0.6 is 15.9 Å². The first-order valence-corrected chi connectivity index (χ1v) is 9.58. The van der Waals surface area contributed by atoms with Gasteiger partial charge in [-0.1, -0.05) is 0 Å². The van der Waals surface area contributed by atoms with Crippen LogP contribution in [0.1, 0.15) is 20.8 Å². The Bertz CT molecular complexity index is 852. The summed E-state index contributed by atoms with van der Waals surface area (Å²) in [6.45, 7) is 5.22. The Balaban J connectivity index is 2.19. The zero-order valence-electron chi connectivity index (χ0n) is 13.9. The van der Waals surface area contributed by atoms with Crippen molar-refractivity contribution >= 4 is 43.4 Å². The van der Waals surface area contributed by atoms with Crippen LogP contribution in [0.3, 0.4) is 0 Å². The van der Waals surface area contributed by atoms with Crippen LogP contribution in [0.5, 0.6) is 0 Å². The van der Waals surface area contributed by atoms with E-state index in [-0.39, 0.29) is 17.0 Å². The number of hydrogen-bond acceptors (Lipinski definition) is 8. The van der Waals surface area contributed by atoms with Crippen molar-refractivity contribution in [3.63, 3.8) is 0 Å². The molecule has 0 saturated heterocycles. The fourth-order valence-corrected chi connectivity index (χ4v) is 2.42. The third-order valence-electron chi connectivity index (χ3n) is 3.44. The van der Waals surface area contributed by atoms with E-state index >= 15 is 0 Å². The van der Waals surface area contributed by atoms with Crippen LogP contribution in [0.4, 0.5) is 17.5 Å². The number of pyridine rings is 1. The molecule has 136 valence electrons. The maximum atomic E-state index is 11.2. The lowest BCUT2D eigenvalue weighted by atomic mass is 10.0. The molecule has 0 spiro atoms. The number of primary sulfonamides is 1. The van der Waals surface area contributed by atoms with Gasteiger partial charge in [0, 0.05) is 6.20 Å². The molecule has 0 aliphatic carbocycles. The molecule has 0 bridgehead atoms. The molecule has 11 heteroatoms. The molecular weight excluding hydrogens is 412 g/mol. The second-order valence-corrected chi connectivity index (χ2v) is 8.33. The van der Waals surface area contributed by atoms with E-state index in [1.807, 2.05) is 6.92 Å². The van der Waals surface area contributed by atoms with Gasteiger partial charge in [0.15, 0.2) is 5.03 Å². The van der Waals surface area contributed by atoms with Crippen LogP contribution in [0.2, 0.25) is 0 Å². The number of aliphatic hydroxyl groups is 1. The molecule has 25 heavy (non-hydrogen) atoms. The van der Waals surface area contributed by atoms with Crippen molar-refractivity contribution in [2.45, 2.75) is 37.4 Å². The molecule has 0 aromatic carbocycles. The molecule has 1 atom stereocenters. The lowest BCUT2D eigenvalue weighted by Gasteiger charge is -2.27. The van der Waals surface area contributed by atoms with E-state index in [9.17, 15) is 13.5 Å². The zero-order valence-corrected chi connectivity index (χ0v) is 16.3. The lowest BCUT2D eigenvalue weighted by Crippen LogP contribution is -2.39. The van der Waals surface area contributed by atoms with Crippen molar-refractivity contribution < 1.29 is 13.5 Å². The molecule has 0 amide bonds. The first kappa shape index (κ1) is 19.5. The number of rotatable bonds is 6. The Morgan fingerprint density at radius 2 is 1.96 bits per heavy atom. The van der Waals surface area contributed by atoms with Crippen molar-refractivity contribution in [3.8, 4) is 0 Å². The summed E-state index contributed by atoms with van der Waals surface area (Å²) in [5.41, 5.74) is -0.443. The molecule has 1 unspecified atom stereocenters. The minimum atomic E-state index is -3.84. The van der Waals surface area contributed by atoms with Gasteiger partial charge in [0.05, 0.1) is 28.0 Å². The topological polar surface area (TPSA) is 143 Å². The maximum absolute atomic E-state index is 11.2. The van der Waals surface area contributed by atoms with Crippen LogP contribution in [-0.4, -0.2) is 40.1 Å². The van der Waals surface area contributed by atoms with E-state index in [4.69, 9.17) is 5.14 Å². The van der Waals surface area contributed by atoms with E-state index in [1.165, 1.54) is 18.3 Å². The highest BCUT2D eigenvalue weighted by Gasteiger charge is 2.23. The van der Waals surface area contributed by atoms with Crippen molar-refractivity contribution in [1.29, 1.82) is 0 Å². The smallest absolute Gasteiger partial charge is 0.255 e. The minimum absolute atomic E-state index is 0.226. The van der Waals surface area contributed by atoms with Crippen LogP contribution in [0.25, 0.3) is 0 Å². The van der Waals surface area contributed by atoms with Gasteiger partial charge in [-0.05, 0) is 48.8 Å². The number of nitrogens with two attached hydrogens (primary N) is 1. The van der Waals surface area contributed by atoms with Gasteiger partial charge in [0.25, 0.3) is 10.0 Å². The third-order valence-corrected chi connectivity index (χ3v) is 4.85. The summed E-state index contributed by atoms with van der Waals surface area (Å²) in [5, 5.41) is 20.8. The predicted molar refractivity (Wildman–Crippen MR) is 98.0 cm³/mol. The van der Waals surface area contributed by atoms with Gasteiger partial charge in [-0.2, -0.15) is 4.98 Å². The monoisotopic (exact) mass is 430 g/mol. The largest absolute Gasteiger partial charge is 0.388 e. The second kappa shape index (κ2) is 7.20. The Hall–Kier alpha value is -1.82. The molecule has 2 aromatic heterocycles. The van der Waals surface area contributed by atoms with E-state index < -0.39 is 15.6 Å². The Morgan fingerprint density at radius 3 is 2.48 bits per heavy atom. The molecule has 2 rings (SSSR count). The van der Waals surface area contributed by atoms with Gasteiger partial charge in [-0.3, -0.25) is 0 Å². The van der Waals surface area contributed by atoms with Gasteiger partial charge in [0.1, 0.15) is 5.82 Å². The van der Waals surface area contributed by atoms with Crippen molar-refractivity contribution in [2.75, 3.05) is 10.6 Å². The number of nitrogens with one attached hydrogen (secondary N) is 2. The van der Waals surface area contributed by atoms with Gasteiger partial charge < -0.3 is 15.7 Å². The highest BCUT2D eigenvalue weighted by molar-refractivity contribution is 9.10. The fraction of sp³-hybridized carbons (Fsp3) is 0.357. The van der Waals surface area contributed by atoms with Crippen molar-refractivity contribution in [3.05, 3.63) is 29.0 Å². The van der Waals surface area contributed by atoms with E-state index in [0.29, 0.717) is 16.0 Å². The molecular formula is C14H19BrN6O3S. The van der Waals surface area contributed by atoms with Gasteiger partial charge in [-0.25, -0.2) is 23.5 Å². The number of sulfonamides is 1. The second-order valence-electron chi connectivity index (χ2n) is 5.96. The molecule has 0 radical (unpaired) electrons. The minimum Gasteiger partial charge on any atom is -0.388 e. The van der Waals surface area contributed by atoms with Gasteiger partial charge in [-0.15, -0.1) is 0 Å². The van der Waals surface area contributed by atoms with Crippen LogP contribution in [0, 0.1) is 0 Å². The predicted octanol–water partition coefficient (Wildman–Crippen LogP) is 1.60. The molecule has 0 saturated carbocycles. The molecule has 0 aliphatic heterocycles. The van der Waals surface area contributed by atoms with Crippen LogP contribution < -0.4 is 15.8 Å². The highest BCUT2D eigenvalue weighted by Crippen LogP contribution is 2.24. The normalized spacial score (nSPS) is 13.4. The number of aromatic nitrogens is 3. The lowest BCUT2D eigenvalue weighted by molar-refractivity contribution is 0.0647. The molecule has 0 fully saturated rings. The average molecular weight is 431 g/mol. The first-order chi connectivity index (χ1) is 11.5. The summed E-state index contributed by atoms with van der Waals surface area (Å²) in [4.78, 5) is 12.2. The summed E-state index contributed by atoms with van der Waals surface area (Å²) < 4.78 is 23.0. The molecule has 2 aromatic rings. The van der Waals surface area contributed by atoms with E-state index in [2.05, 4.69) is 41.5 Å². The van der Waals surface area contributed by atoms with Crippen molar-refractivity contribution in [1.82, 2.24) is 15.0 Å². The Morgan fingerprint density at radius 1 is 1.28 bits per heavy atom. The Labute approximate surface area is 154 Å². The van der Waals surface area contributed by atoms with E-state index in [0.717, 1.165) is 0 Å². The summed E-state index contributed by atoms with van der Waals surface area (Å²) in [7, 11) is -3.84. The third kappa shape index (κ3) is 5.33. The fourth-order valence-electron chi connectivity index (χ4n) is 1.66. The van der Waals surface area contributed by atoms with Gasteiger partial charge >= 0.3 is 0 Å². The van der Waals surface area contributed by atoms with Crippen LogP contribution in [-0.2, 0) is 10.0 Å². The summed E-state index contributed by atoms with van der Waals surface area (Å²) in [6.07, 6.45) is 2.87.